The summed E-state index contributed by atoms with van der Waals surface area (Å²) in [5, 5.41) is 5.25. The van der Waals surface area contributed by atoms with Crippen molar-refractivity contribution in [2.75, 3.05) is 19.6 Å². The summed E-state index contributed by atoms with van der Waals surface area (Å²) in [6.07, 6.45) is -0.0624. The van der Waals surface area contributed by atoms with E-state index in [9.17, 15) is 22.4 Å². The fraction of sp³-hybridized carbons (Fsp3) is 0.222. The van der Waals surface area contributed by atoms with Crippen LogP contribution < -0.4 is 15.4 Å². The van der Waals surface area contributed by atoms with Crippen molar-refractivity contribution in [2.45, 2.75) is 11.3 Å². The van der Waals surface area contributed by atoms with Crippen LogP contribution in [0.1, 0.15) is 16.8 Å². The number of amides is 2. The molecule has 144 valence electrons. The molecule has 2 aromatic carbocycles. The summed E-state index contributed by atoms with van der Waals surface area (Å²) < 4.78 is 39.1. The molecule has 0 aliphatic heterocycles. The number of nitrogens with one attached hydrogen (secondary N) is 3. The second-order valence-electron chi connectivity index (χ2n) is 5.57. The highest BCUT2D eigenvalue weighted by Crippen LogP contribution is 2.09. The molecule has 0 saturated heterocycles. The molecule has 3 N–H and O–H groups in total. The molecule has 2 rings (SSSR count). The molecule has 0 saturated carbocycles. The Balaban J connectivity index is 1.65. The minimum absolute atomic E-state index is 0.0624. The second kappa shape index (κ2) is 9.79. The molecule has 0 aliphatic carbocycles. The fourth-order valence-electron chi connectivity index (χ4n) is 2.15. The van der Waals surface area contributed by atoms with Gasteiger partial charge in [-0.2, -0.15) is 0 Å². The van der Waals surface area contributed by atoms with Crippen molar-refractivity contribution < 1.29 is 22.4 Å². The highest BCUT2D eigenvalue weighted by molar-refractivity contribution is 7.89. The Kier molecular flexibility index (Phi) is 7.44. The maximum absolute atomic E-state index is 12.8. The first-order chi connectivity index (χ1) is 12.9. The van der Waals surface area contributed by atoms with Gasteiger partial charge in [-0.1, -0.05) is 18.2 Å². The zero-order valence-corrected chi connectivity index (χ0v) is 15.3. The number of hydrogen-bond acceptors (Lipinski definition) is 4. The molecule has 2 aromatic rings. The summed E-state index contributed by atoms with van der Waals surface area (Å²) in [4.78, 5) is 23.4. The van der Waals surface area contributed by atoms with Crippen molar-refractivity contribution in [1.29, 1.82) is 0 Å². The van der Waals surface area contributed by atoms with Gasteiger partial charge in [0.2, 0.25) is 15.9 Å². The molecule has 2 amide bonds. The maximum Gasteiger partial charge on any atom is 0.251 e. The summed E-state index contributed by atoms with van der Waals surface area (Å²) >= 11 is 0. The third kappa shape index (κ3) is 6.80. The molecule has 7 nitrogen and oxygen atoms in total. The van der Waals surface area contributed by atoms with Gasteiger partial charge in [0.25, 0.3) is 5.91 Å². The van der Waals surface area contributed by atoms with Crippen LogP contribution in [0.3, 0.4) is 0 Å². The summed E-state index contributed by atoms with van der Waals surface area (Å²) in [6, 6.07) is 13.1. The number of rotatable bonds is 9. The summed E-state index contributed by atoms with van der Waals surface area (Å²) in [7, 11) is -3.79. The predicted octanol–water partition coefficient (Wildman–Crippen LogP) is 1.04. The SMILES string of the molecule is O=C(CCNS(=O)(=O)c1ccc(F)cc1)NCCNC(=O)c1ccccc1. The lowest BCUT2D eigenvalue weighted by atomic mass is 10.2. The zero-order chi connectivity index (χ0) is 19.7. The van der Waals surface area contributed by atoms with Crippen molar-refractivity contribution in [3.63, 3.8) is 0 Å². The molecular weight excluding hydrogens is 373 g/mol. The first-order valence-electron chi connectivity index (χ1n) is 8.24. The molecule has 0 atom stereocenters. The van der Waals surface area contributed by atoms with Crippen molar-refractivity contribution in [3.8, 4) is 0 Å². The van der Waals surface area contributed by atoms with Gasteiger partial charge in [-0.3, -0.25) is 9.59 Å². The lowest BCUT2D eigenvalue weighted by Crippen LogP contribution is -2.36. The standard InChI is InChI=1S/C18H20FN3O4S/c19-15-6-8-16(9-7-15)27(25,26)22-11-10-17(23)20-12-13-21-18(24)14-4-2-1-3-5-14/h1-9,22H,10-13H2,(H,20,23)(H,21,24). The number of sulfonamides is 1. The van der Waals surface area contributed by atoms with Gasteiger partial charge in [-0.25, -0.2) is 17.5 Å². The van der Waals surface area contributed by atoms with Crippen LogP contribution in [-0.2, 0) is 14.8 Å². The average molecular weight is 393 g/mol. The molecule has 0 heterocycles. The quantitative estimate of drug-likeness (QED) is 0.554. The number of benzene rings is 2. The van der Waals surface area contributed by atoms with E-state index in [-0.39, 0.29) is 42.8 Å². The number of hydrogen-bond donors (Lipinski definition) is 3. The lowest BCUT2D eigenvalue weighted by Gasteiger charge is -2.08. The van der Waals surface area contributed by atoms with Gasteiger partial charge in [0.15, 0.2) is 0 Å². The van der Waals surface area contributed by atoms with Gasteiger partial charge in [-0.15, -0.1) is 0 Å². The van der Waals surface area contributed by atoms with Crippen LogP contribution in [0, 0.1) is 5.82 Å². The van der Waals surface area contributed by atoms with Crippen molar-refractivity contribution in [3.05, 3.63) is 66.0 Å². The molecule has 0 unspecified atom stereocenters. The van der Waals surface area contributed by atoms with Gasteiger partial charge in [0.1, 0.15) is 5.82 Å². The average Bonchev–Trinajstić information content (AvgIpc) is 2.66. The first-order valence-corrected chi connectivity index (χ1v) is 9.72. The fourth-order valence-corrected chi connectivity index (χ4v) is 3.19. The van der Waals surface area contributed by atoms with Crippen molar-refractivity contribution in [1.82, 2.24) is 15.4 Å². The van der Waals surface area contributed by atoms with Crippen molar-refractivity contribution in [2.24, 2.45) is 0 Å². The Morgan fingerprint density at radius 2 is 1.48 bits per heavy atom. The lowest BCUT2D eigenvalue weighted by molar-refractivity contribution is -0.120. The van der Waals surface area contributed by atoms with Gasteiger partial charge in [0, 0.05) is 31.6 Å². The molecule has 0 bridgehead atoms. The van der Waals surface area contributed by atoms with E-state index in [1.807, 2.05) is 0 Å². The largest absolute Gasteiger partial charge is 0.354 e. The number of carbonyl (C=O) groups is 2. The van der Waals surface area contributed by atoms with Crippen LogP contribution in [0.4, 0.5) is 4.39 Å². The third-order valence-corrected chi connectivity index (χ3v) is 5.01. The van der Waals surface area contributed by atoms with E-state index in [2.05, 4.69) is 15.4 Å². The molecule has 0 radical (unpaired) electrons. The molecule has 0 aromatic heterocycles. The van der Waals surface area contributed by atoms with Crippen LogP contribution in [0.2, 0.25) is 0 Å². The highest BCUT2D eigenvalue weighted by atomic mass is 32.2. The third-order valence-electron chi connectivity index (χ3n) is 3.54. The van der Waals surface area contributed by atoms with E-state index >= 15 is 0 Å². The molecule has 27 heavy (non-hydrogen) atoms. The topological polar surface area (TPSA) is 104 Å². The summed E-state index contributed by atoms with van der Waals surface area (Å²) in [5.41, 5.74) is 0.527. The van der Waals surface area contributed by atoms with Crippen LogP contribution in [0.15, 0.2) is 59.5 Å². The van der Waals surface area contributed by atoms with Crippen LogP contribution >= 0.6 is 0 Å². The number of carbonyl (C=O) groups excluding carboxylic acids is 2. The summed E-state index contributed by atoms with van der Waals surface area (Å²) in [6.45, 7) is 0.380. The molecular formula is C18H20FN3O4S. The zero-order valence-electron chi connectivity index (χ0n) is 14.4. The van der Waals surface area contributed by atoms with E-state index < -0.39 is 15.8 Å². The van der Waals surface area contributed by atoms with Gasteiger partial charge >= 0.3 is 0 Å². The van der Waals surface area contributed by atoms with Crippen LogP contribution in [0.5, 0.6) is 0 Å². The molecule has 0 spiro atoms. The molecule has 9 heteroatoms. The summed E-state index contributed by atoms with van der Waals surface area (Å²) in [5.74, 6) is -1.13. The Morgan fingerprint density at radius 1 is 0.852 bits per heavy atom. The second-order valence-corrected chi connectivity index (χ2v) is 7.34. The Hall–Kier alpha value is -2.78. The minimum atomic E-state index is -3.79. The monoisotopic (exact) mass is 393 g/mol. The Morgan fingerprint density at radius 3 is 2.15 bits per heavy atom. The van der Waals surface area contributed by atoms with E-state index in [1.165, 1.54) is 0 Å². The highest BCUT2D eigenvalue weighted by Gasteiger charge is 2.14. The van der Waals surface area contributed by atoms with E-state index in [0.717, 1.165) is 24.3 Å². The minimum Gasteiger partial charge on any atom is -0.354 e. The first kappa shape index (κ1) is 20.5. The predicted molar refractivity (Wildman–Crippen MR) is 98.0 cm³/mol. The van der Waals surface area contributed by atoms with Crippen molar-refractivity contribution >= 4 is 21.8 Å². The van der Waals surface area contributed by atoms with Gasteiger partial charge in [-0.05, 0) is 36.4 Å². The van der Waals surface area contributed by atoms with E-state index in [0.29, 0.717) is 5.56 Å². The van der Waals surface area contributed by atoms with E-state index in [4.69, 9.17) is 0 Å². The Bertz CT molecular complexity index is 871. The van der Waals surface area contributed by atoms with Crippen LogP contribution in [0.25, 0.3) is 0 Å². The molecule has 0 aliphatic rings. The maximum atomic E-state index is 12.8. The Labute approximate surface area is 157 Å². The number of halogens is 1. The van der Waals surface area contributed by atoms with Gasteiger partial charge < -0.3 is 10.6 Å². The van der Waals surface area contributed by atoms with Crippen LogP contribution in [-0.4, -0.2) is 39.9 Å². The molecule has 0 fully saturated rings. The van der Waals surface area contributed by atoms with E-state index in [1.54, 1.807) is 30.3 Å². The normalized spacial score (nSPS) is 11.0. The smallest absolute Gasteiger partial charge is 0.251 e. The van der Waals surface area contributed by atoms with Gasteiger partial charge in [0.05, 0.1) is 4.90 Å².